The Labute approximate surface area is 149 Å². The molecular formula is C18H14ClN2O4-. The summed E-state index contributed by atoms with van der Waals surface area (Å²) in [4.78, 5) is 36.5. The highest BCUT2D eigenvalue weighted by Gasteiger charge is 2.39. The predicted octanol–water partition coefficient (Wildman–Crippen LogP) is 1.38. The van der Waals surface area contributed by atoms with Crippen molar-refractivity contribution in [3.63, 3.8) is 0 Å². The van der Waals surface area contributed by atoms with Crippen molar-refractivity contribution in [2.24, 2.45) is 0 Å². The Bertz CT molecular complexity index is 818. The molecule has 7 heteroatoms. The summed E-state index contributed by atoms with van der Waals surface area (Å²) in [6, 6.07) is 12.4. The molecule has 0 unspecified atom stereocenters. The number of rotatable bonds is 5. The molecule has 1 heterocycles. The van der Waals surface area contributed by atoms with Gasteiger partial charge in [0.2, 0.25) is 5.91 Å². The standard InChI is InChI=1S/C18H15ClN2O4/c19-12-3-7-14(8-4-12)21-16(22)10-15(18(21)25)20-13-5-1-11(2-6-13)9-17(23)24/h1-8,15,20H,9-10H2,(H,23,24)/p-1/t15-/m1/s1. The average Bonchev–Trinajstić information content (AvgIpc) is 2.84. The first-order valence-electron chi connectivity index (χ1n) is 7.62. The second kappa shape index (κ2) is 6.94. The summed E-state index contributed by atoms with van der Waals surface area (Å²) < 4.78 is 0. The molecule has 0 saturated carbocycles. The monoisotopic (exact) mass is 357 g/mol. The first-order chi connectivity index (χ1) is 11.9. The number of benzene rings is 2. The predicted molar refractivity (Wildman–Crippen MR) is 91.1 cm³/mol. The van der Waals surface area contributed by atoms with Crippen LogP contribution in [0.1, 0.15) is 12.0 Å². The maximum Gasteiger partial charge on any atom is 0.256 e. The first-order valence-corrected chi connectivity index (χ1v) is 7.99. The van der Waals surface area contributed by atoms with Crippen LogP contribution in [0.25, 0.3) is 0 Å². The van der Waals surface area contributed by atoms with E-state index in [-0.39, 0.29) is 24.7 Å². The van der Waals surface area contributed by atoms with Gasteiger partial charge in [0, 0.05) is 23.1 Å². The summed E-state index contributed by atoms with van der Waals surface area (Å²) in [5, 5.41) is 14.1. The molecule has 0 aromatic heterocycles. The zero-order valence-corrected chi connectivity index (χ0v) is 13.8. The fourth-order valence-electron chi connectivity index (χ4n) is 2.69. The molecule has 1 saturated heterocycles. The van der Waals surface area contributed by atoms with Gasteiger partial charge in [0.05, 0.1) is 12.1 Å². The lowest BCUT2D eigenvalue weighted by Gasteiger charge is -2.16. The summed E-state index contributed by atoms with van der Waals surface area (Å²) in [5.41, 5.74) is 1.71. The summed E-state index contributed by atoms with van der Waals surface area (Å²) in [5.74, 6) is -1.79. The number of aliphatic carboxylic acids is 1. The van der Waals surface area contributed by atoms with Gasteiger partial charge in [0.15, 0.2) is 0 Å². The number of nitrogens with zero attached hydrogens (tertiary/aromatic N) is 1. The summed E-state index contributed by atoms with van der Waals surface area (Å²) >= 11 is 5.83. The number of halogens is 1. The van der Waals surface area contributed by atoms with E-state index in [0.717, 1.165) is 4.90 Å². The number of carbonyl (C=O) groups is 3. The average molecular weight is 358 g/mol. The van der Waals surface area contributed by atoms with Crippen molar-refractivity contribution in [3.05, 3.63) is 59.1 Å². The molecule has 3 rings (SSSR count). The smallest absolute Gasteiger partial charge is 0.256 e. The van der Waals surface area contributed by atoms with Crippen molar-refractivity contribution in [1.82, 2.24) is 0 Å². The minimum absolute atomic E-state index is 0.0439. The van der Waals surface area contributed by atoms with E-state index in [1.54, 1.807) is 48.5 Å². The molecule has 25 heavy (non-hydrogen) atoms. The van der Waals surface area contributed by atoms with Gasteiger partial charge in [-0.1, -0.05) is 23.7 Å². The molecule has 2 aromatic rings. The zero-order chi connectivity index (χ0) is 18.0. The van der Waals surface area contributed by atoms with Gasteiger partial charge in [0.1, 0.15) is 6.04 Å². The molecule has 1 atom stereocenters. The van der Waals surface area contributed by atoms with Gasteiger partial charge in [-0.15, -0.1) is 0 Å². The molecule has 1 fully saturated rings. The number of carbonyl (C=O) groups excluding carboxylic acids is 3. The maximum atomic E-state index is 12.5. The van der Waals surface area contributed by atoms with Crippen LogP contribution < -0.4 is 15.3 Å². The van der Waals surface area contributed by atoms with Crippen LogP contribution in [0.3, 0.4) is 0 Å². The fraction of sp³-hybridized carbons (Fsp3) is 0.167. The van der Waals surface area contributed by atoms with Crippen LogP contribution in [-0.4, -0.2) is 23.8 Å². The van der Waals surface area contributed by atoms with Gasteiger partial charge in [-0.05, 0) is 42.0 Å². The minimum atomic E-state index is -1.16. The molecule has 1 aliphatic heterocycles. The molecule has 0 aliphatic carbocycles. The Morgan fingerprint density at radius 1 is 1.12 bits per heavy atom. The number of carboxylic acids is 1. The third-order valence-corrected chi connectivity index (χ3v) is 4.13. The molecule has 1 aliphatic rings. The van der Waals surface area contributed by atoms with Gasteiger partial charge in [0.25, 0.3) is 5.91 Å². The van der Waals surface area contributed by atoms with Crippen molar-refractivity contribution < 1.29 is 19.5 Å². The van der Waals surface area contributed by atoms with Crippen LogP contribution in [-0.2, 0) is 20.8 Å². The zero-order valence-electron chi connectivity index (χ0n) is 13.1. The summed E-state index contributed by atoms with van der Waals surface area (Å²) in [6.07, 6.45) is -0.131. The number of nitrogens with one attached hydrogen (secondary N) is 1. The van der Waals surface area contributed by atoms with E-state index < -0.39 is 12.0 Å². The quantitative estimate of drug-likeness (QED) is 0.816. The van der Waals surface area contributed by atoms with Crippen LogP contribution in [0.15, 0.2) is 48.5 Å². The Hall–Kier alpha value is -2.86. The van der Waals surface area contributed by atoms with Gasteiger partial charge in [-0.2, -0.15) is 0 Å². The number of anilines is 2. The highest BCUT2D eigenvalue weighted by Crippen LogP contribution is 2.26. The van der Waals surface area contributed by atoms with E-state index in [1.165, 1.54) is 0 Å². The maximum absolute atomic E-state index is 12.5. The van der Waals surface area contributed by atoms with E-state index in [9.17, 15) is 19.5 Å². The van der Waals surface area contributed by atoms with E-state index in [2.05, 4.69) is 5.32 Å². The van der Waals surface area contributed by atoms with Crippen LogP contribution in [0.4, 0.5) is 11.4 Å². The number of imide groups is 1. The van der Waals surface area contributed by atoms with E-state index >= 15 is 0 Å². The minimum Gasteiger partial charge on any atom is -0.550 e. The molecule has 0 bridgehead atoms. The molecule has 0 radical (unpaired) electrons. The van der Waals surface area contributed by atoms with Crippen molar-refractivity contribution in [3.8, 4) is 0 Å². The van der Waals surface area contributed by atoms with Crippen LogP contribution >= 0.6 is 11.6 Å². The first kappa shape index (κ1) is 17.0. The Morgan fingerprint density at radius 2 is 1.76 bits per heavy atom. The second-order valence-corrected chi connectivity index (χ2v) is 6.13. The van der Waals surface area contributed by atoms with Crippen molar-refractivity contribution in [1.29, 1.82) is 0 Å². The summed E-state index contributed by atoms with van der Waals surface area (Å²) in [6.45, 7) is 0. The second-order valence-electron chi connectivity index (χ2n) is 5.69. The van der Waals surface area contributed by atoms with Gasteiger partial charge in [-0.25, -0.2) is 4.90 Å². The van der Waals surface area contributed by atoms with Crippen molar-refractivity contribution in [2.75, 3.05) is 10.2 Å². The Morgan fingerprint density at radius 3 is 2.36 bits per heavy atom. The highest BCUT2D eigenvalue weighted by molar-refractivity contribution is 6.30. The van der Waals surface area contributed by atoms with E-state index in [0.29, 0.717) is 22.0 Å². The number of hydrogen-bond acceptors (Lipinski definition) is 5. The normalized spacial score (nSPS) is 17.0. The molecule has 1 N–H and O–H groups in total. The lowest BCUT2D eigenvalue weighted by molar-refractivity contribution is -0.304. The number of carboxylic acid groups (broad SMARTS) is 1. The van der Waals surface area contributed by atoms with Crippen molar-refractivity contribution >= 4 is 40.8 Å². The third kappa shape index (κ3) is 3.80. The highest BCUT2D eigenvalue weighted by atomic mass is 35.5. The topological polar surface area (TPSA) is 89.5 Å². The molecule has 2 amide bonds. The molecular weight excluding hydrogens is 344 g/mol. The number of hydrogen-bond donors (Lipinski definition) is 1. The SMILES string of the molecule is O=C([O-])Cc1ccc(N[C@@H]2CC(=O)N(c3ccc(Cl)cc3)C2=O)cc1. The van der Waals surface area contributed by atoms with E-state index in [4.69, 9.17) is 11.6 Å². The summed E-state index contributed by atoms with van der Waals surface area (Å²) in [7, 11) is 0. The molecule has 128 valence electrons. The lowest BCUT2D eigenvalue weighted by atomic mass is 10.1. The number of amides is 2. The van der Waals surface area contributed by atoms with Crippen molar-refractivity contribution in [2.45, 2.75) is 18.9 Å². The Kier molecular flexibility index (Phi) is 4.72. The lowest BCUT2D eigenvalue weighted by Crippen LogP contribution is -2.34. The molecule has 6 nitrogen and oxygen atoms in total. The van der Waals surface area contributed by atoms with Gasteiger partial charge < -0.3 is 15.2 Å². The third-order valence-electron chi connectivity index (χ3n) is 3.87. The van der Waals surface area contributed by atoms with E-state index in [1.807, 2.05) is 0 Å². The van der Waals surface area contributed by atoms with Gasteiger partial charge in [-0.3, -0.25) is 9.59 Å². The largest absolute Gasteiger partial charge is 0.550 e. The molecule has 0 spiro atoms. The van der Waals surface area contributed by atoms with Crippen LogP contribution in [0, 0.1) is 0 Å². The fourth-order valence-corrected chi connectivity index (χ4v) is 2.82. The molecule has 2 aromatic carbocycles. The van der Waals surface area contributed by atoms with Crippen LogP contribution in [0.5, 0.6) is 0 Å². The van der Waals surface area contributed by atoms with Crippen LogP contribution in [0.2, 0.25) is 5.02 Å². The van der Waals surface area contributed by atoms with Gasteiger partial charge >= 0.3 is 0 Å². The Balaban J connectivity index is 1.71.